The first-order valence-corrected chi connectivity index (χ1v) is 10.2. The Morgan fingerprint density at radius 1 is 0.923 bits per heavy atom. The summed E-state index contributed by atoms with van der Waals surface area (Å²) in [6.45, 7) is 1.19. The third kappa shape index (κ3) is 3.51. The highest BCUT2D eigenvalue weighted by molar-refractivity contribution is 7.89. The minimum Gasteiger partial charge on any atom is -0.375 e. The van der Waals surface area contributed by atoms with Gasteiger partial charge in [0, 0.05) is 13.1 Å². The maximum atomic E-state index is 13.1. The number of morpholine rings is 1. The van der Waals surface area contributed by atoms with Crippen molar-refractivity contribution < 1.29 is 13.2 Å². The third-order valence-corrected chi connectivity index (χ3v) is 6.63. The normalized spacial score (nSPS) is 18.8. The van der Waals surface area contributed by atoms with Gasteiger partial charge in [-0.2, -0.15) is 4.31 Å². The van der Waals surface area contributed by atoms with Crippen molar-refractivity contribution in [2.75, 3.05) is 19.7 Å². The number of hydrogen-bond donors (Lipinski definition) is 0. The van der Waals surface area contributed by atoms with E-state index in [0.29, 0.717) is 31.0 Å². The molecule has 0 saturated carbocycles. The lowest BCUT2D eigenvalue weighted by Crippen LogP contribution is -2.46. The summed E-state index contributed by atoms with van der Waals surface area (Å²) < 4.78 is 33.6. The van der Waals surface area contributed by atoms with Gasteiger partial charge in [-0.1, -0.05) is 60.7 Å². The number of sulfonamides is 1. The largest absolute Gasteiger partial charge is 0.375 e. The Hall–Kier alpha value is -2.21. The highest BCUT2D eigenvalue weighted by atomic mass is 32.2. The summed E-state index contributed by atoms with van der Waals surface area (Å²) in [5.74, 6) is 0. The van der Waals surface area contributed by atoms with Crippen molar-refractivity contribution in [1.82, 2.24) is 4.31 Å². The van der Waals surface area contributed by atoms with Crippen molar-refractivity contribution in [2.24, 2.45) is 0 Å². The summed E-state index contributed by atoms with van der Waals surface area (Å²) in [7, 11) is -3.53. The minimum absolute atomic E-state index is 0.124. The van der Waals surface area contributed by atoms with E-state index in [1.807, 2.05) is 60.7 Å². The van der Waals surface area contributed by atoms with E-state index < -0.39 is 10.0 Å². The molecule has 0 N–H and O–H groups in total. The van der Waals surface area contributed by atoms with Crippen LogP contribution in [0.3, 0.4) is 0 Å². The molecule has 1 aliphatic rings. The predicted octanol–water partition coefficient (Wildman–Crippen LogP) is 3.47. The quantitative estimate of drug-likeness (QED) is 0.709. The number of fused-ring (bicyclic) bond motifs is 1. The van der Waals surface area contributed by atoms with Gasteiger partial charge in [0.05, 0.1) is 17.6 Å². The van der Waals surface area contributed by atoms with Gasteiger partial charge in [-0.25, -0.2) is 8.42 Å². The molecule has 4 nitrogen and oxygen atoms in total. The molecule has 0 aromatic heterocycles. The van der Waals surface area contributed by atoms with Crippen LogP contribution in [0.2, 0.25) is 0 Å². The zero-order valence-electron chi connectivity index (χ0n) is 14.4. The van der Waals surface area contributed by atoms with Gasteiger partial charge in [0.25, 0.3) is 0 Å². The average molecular weight is 367 g/mol. The maximum absolute atomic E-state index is 13.1. The van der Waals surface area contributed by atoms with Gasteiger partial charge >= 0.3 is 0 Å². The lowest BCUT2D eigenvalue weighted by molar-refractivity contribution is -0.000492. The molecule has 5 heteroatoms. The number of benzene rings is 3. The van der Waals surface area contributed by atoms with Crippen LogP contribution >= 0.6 is 0 Å². The van der Waals surface area contributed by atoms with Crippen molar-refractivity contribution in [3.63, 3.8) is 0 Å². The topological polar surface area (TPSA) is 46.6 Å². The average Bonchev–Trinajstić information content (AvgIpc) is 2.68. The van der Waals surface area contributed by atoms with Crippen molar-refractivity contribution in [1.29, 1.82) is 0 Å². The molecule has 1 aliphatic heterocycles. The molecule has 0 radical (unpaired) electrons. The first kappa shape index (κ1) is 17.2. The fourth-order valence-corrected chi connectivity index (χ4v) is 4.88. The fourth-order valence-electron chi connectivity index (χ4n) is 3.39. The lowest BCUT2D eigenvalue weighted by atomic mass is 10.1. The van der Waals surface area contributed by atoms with Gasteiger partial charge in [-0.3, -0.25) is 0 Å². The van der Waals surface area contributed by atoms with E-state index in [2.05, 4.69) is 0 Å². The molecule has 0 amide bonds. The molecular formula is C21H21NO3S. The number of nitrogens with zero attached hydrogens (tertiary/aromatic N) is 1. The van der Waals surface area contributed by atoms with Crippen molar-refractivity contribution in [3.05, 3.63) is 78.4 Å². The van der Waals surface area contributed by atoms with Crippen molar-refractivity contribution in [3.8, 4) is 0 Å². The molecule has 0 aliphatic carbocycles. The van der Waals surface area contributed by atoms with Crippen LogP contribution in [0, 0.1) is 0 Å². The number of rotatable bonds is 4. The molecule has 0 unspecified atom stereocenters. The molecule has 3 aromatic carbocycles. The zero-order chi connectivity index (χ0) is 18.0. The Morgan fingerprint density at radius 3 is 2.46 bits per heavy atom. The predicted molar refractivity (Wildman–Crippen MR) is 103 cm³/mol. The van der Waals surface area contributed by atoms with E-state index in [9.17, 15) is 8.42 Å². The molecule has 0 bridgehead atoms. The molecular weight excluding hydrogens is 346 g/mol. The summed E-state index contributed by atoms with van der Waals surface area (Å²) in [4.78, 5) is 0.344. The second-order valence-electron chi connectivity index (χ2n) is 6.55. The zero-order valence-corrected chi connectivity index (χ0v) is 15.2. The van der Waals surface area contributed by atoms with E-state index in [1.165, 1.54) is 0 Å². The summed E-state index contributed by atoms with van der Waals surface area (Å²) in [5.41, 5.74) is 1.16. The summed E-state index contributed by atoms with van der Waals surface area (Å²) in [6, 6.07) is 23.1. The standard InChI is InChI=1S/C21H21NO3S/c23-26(24,21-11-10-18-8-4-5-9-19(18)15-21)22-12-13-25-20(16-22)14-17-6-2-1-3-7-17/h1-11,15,20H,12-14,16H2/t20-/m1/s1. The van der Waals surface area contributed by atoms with Crippen molar-refractivity contribution in [2.45, 2.75) is 17.4 Å². The molecule has 26 heavy (non-hydrogen) atoms. The maximum Gasteiger partial charge on any atom is 0.243 e. The highest BCUT2D eigenvalue weighted by Gasteiger charge is 2.30. The Kier molecular flexibility index (Phi) is 4.76. The number of hydrogen-bond acceptors (Lipinski definition) is 3. The molecule has 4 rings (SSSR count). The van der Waals surface area contributed by atoms with Gasteiger partial charge in [0.2, 0.25) is 10.0 Å². The lowest BCUT2D eigenvalue weighted by Gasteiger charge is -2.32. The summed E-state index contributed by atoms with van der Waals surface area (Å²) in [5, 5.41) is 1.97. The third-order valence-electron chi connectivity index (χ3n) is 4.77. The van der Waals surface area contributed by atoms with Crippen LogP contribution in [0.4, 0.5) is 0 Å². The Balaban J connectivity index is 1.56. The molecule has 1 saturated heterocycles. The minimum atomic E-state index is -3.53. The van der Waals surface area contributed by atoms with E-state index >= 15 is 0 Å². The Morgan fingerprint density at radius 2 is 1.65 bits per heavy atom. The van der Waals surface area contributed by atoms with Gasteiger partial charge in [0.15, 0.2) is 0 Å². The highest BCUT2D eigenvalue weighted by Crippen LogP contribution is 2.24. The Labute approximate surface area is 154 Å². The molecule has 0 spiro atoms. The second kappa shape index (κ2) is 7.19. The Bertz CT molecular complexity index is 1000. The van der Waals surface area contributed by atoms with Gasteiger partial charge in [0.1, 0.15) is 0 Å². The van der Waals surface area contributed by atoms with Crippen molar-refractivity contribution >= 4 is 20.8 Å². The fraction of sp³-hybridized carbons (Fsp3) is 0.238. The van der Waals surface area contributed by atoms with Gasteiger partial charge in [-0.15, -0.1) is 0 Å². The van der Waals surface area contributed by atoms with Crippen LogP contribution in [-0.4, -0.2) is 38.5 Å². The van der Waals surface area contributed by atoms with E-state index in [4.69, 9.17) is 4.74 Å². The second-order valence-corrected chi connectivity index (χ2v) is 8.49. The molecule has 1 heterocycles. The SMILES string of the molecule is O=S(=O)(c1ccc2ccccc2c1)N1CCO[C@H](Cc2ccccc2)C1. The monoisotopic (exact) mass is 367 g/mol. The summed E-state index contributed by atoms with van der Waals surface area (Å²) >= 11 is 0. The molecule has 1 fully saturated rings. The number of ether oxygens (including phenoxy) is 1. The van der Waals surface area contributed by atoms with Crippen LogP contribution in [0.5, 0.6) is 0 Å². The summed E-state index contributed by atoms with van der Waals surface area (Å²) in [6.07, 6.45) is 0.589. The molecule has 1 atom stereocenters. The van der Waals surface area contributed by atoms with Crippen LogP contribution in [0.25, 0.3) is 10.8 Å². The van der Waals surface area contributed by atoms with E-state index in [-0.39, 0.29) is 6.10 Å². The van der Waals surface area contributed by atoms with E-state index in [1.54, 1.807) is 16.4 Å². The van der Waals surface area contributed by atoms with Crippen LogP contribution < -0.4 is 0 Å². The first-order chi connectivity index (χ1) is 12.6. The van der Waals surface area contributed by atoms with Gasteiger partial charge in [-0.05, 0) is 34.9 Å². The van der Waals surface area contributed by atoms with Gasteiger partial charge < -0.3 is 4.74 Å². The van der Waals surface area contributed by atoms with Crippen LogP contribution in [-0.2, 0) is 21.2 Å². The smallest absolute Gasteiger partial charge is 0.243 e. The van der Waals surface area contributed by atoms with Crippen LogP contribution in [0.15, 0.2) is 77.7 Å². The van der Waals surface area contributed by atoms with Crippen LogP contribution in [0.1, 0.15) is 5.56 Å². The molecule has 3 aromatic rings. The molecule has 134 valence electrons. The first-order valence-electron chi connectivity index (χ1n) is 8.77. The van der Waals surface area contributed by atoms with E-state index in [0.717, 1.165) is 16.3 Å².